The predicted octanol–water partition coefficient (Wildman–Crippen LogP) is 0.443. The van der Waals surface area contributed by atoms with Crippen LogP contribution in [0.4, 0.5) is 0 Å². The van der Waals surface area contributed by atoms with Crippen LogP contribution in [-0.4, -0.2) is 49.3 Å². The summed E-state index contributed by atoms with van der Waals surface area (Å²) in [7, 11) is 4.17. The first-order chi connectivity index (χ1) is 6.22. The van der Waals surface area contributed by atoms with Crippen LogP contribution in [0.25, 0.3) is 0 Å². The van der Waals surface area contributed by atoms with E-state index in [9.17, 15) is 0 Å². The number of nitrogens with one attached hydrogen (secondary N) is 1. The van der Waals surface area contributed by atoms with Crippen molar-refractivity contribution in [2.75, 3.05) is 33.8 Å². The molecule has 1 heterocycles. The molecule has 0 spiro atoms. The molecule has 0 aromatic rings. The summed E-state index contributed by atoms with van der Waals surface area (Å²) in [4.78, 5) is 2.36. The average Bonchev–Trinajstić information content (AvgIpc) is 2.29. The van der Waals surface area contributed by atoms with Gasteiger partial charge in [0.15, 0.2) is 0 Å². The van der Waals surface area contributed by atoms with E-state index in [1.54, 1.807) is 0 Å². The van der Waals surface area contributed by atoms with Gasteiger partial charge in [-0.2, -0.15) is 0 Å². The maximum absolute atomic E-state index is 9.03. The molecule has 0 aromatic carbocycles. The van der Waals surface area contributed by atoms with E-state index in [1.807, 2.05) is 7.05 Å². The highest BCUT2D eigenvalue weighted by atomic mass is 16.3. The van der Waals surface area contributed by atoms with E-state index in [2.05, 4.69) is 17.3 Å². The van der Waals surface area contributed by atoms with Crippen molar-refractivity contribution in [3.8, 4) is 0 Å². The number of nitrogens with zero attached hydrogens (tertiary/aromatic N) is 1. The summed E-state index contributed by atoms with van der Waals surface area (Å²) >= 11 is 0. The Bertz CT molecular complexity index is 152. The van der Waals surface area contributed by atoms with Crippen LogP contribution < -0.4 is 5.32 Å². The number of likely N-dealkylation sites (N-methyl/N-ethyl adjacent to an activating group) is 2. The molecule has 0 aliphatic carbocycles. The zero-order chi connectivity index (χ0) is 9.73. The monoisotopic (exact) mass is 186 g/mol. The summed E-state index contributed by atoms with van der Waals surface area (Å²) in [6, 6.07) is 0. The van der Waals surface area contributed by atoms with Crippen LogP contribution in [0.1, 0.15) is 25.7 Å². The molecule has 0 bridgehead atoms. The molecule has 0 saturated carbocycles. The Kier molecular flexibility index (Phi) is 4.16. The fourth-order valence-corrected chi connectivity index (χ4v) is 2.27. The average molecular weight is 186 g/mol. The summed E-state index contributed by atoms with van der Waals surface area (Å²) in [5.41, 5.74) is 0.153. The molecule has 13 heavy (non-hydrogen) atoms. The number of aliphatic hydroxyl groups is 1. The van der Waals surface area contributed by atoms with Gasteiger partial charge < -0.3 is 15.3 Å². The number of hydrogen-bond donors (Lipinski definition) is 2. The van der Waals surface area contributed by atoms with Gasteiger partial charge in [0.1, 0.15) is 0 Å². The highest BCUT2D eigenvalue weighted by molar-refractivity contribution is 4.91. The van der Waals surface area contributed by atoms with Crippen molar-refractivity contribution in [1.82, 2.24) is 10.2 Å². The van der Waals surface area contributed by atoms with Gasteiger partial charge in [0.2, 0.25) is 0 Å². The molecule has 1 saturated heterocycles. The van der Waals surface area contributed by atoms with Gasteiger partial charge in [-0.1, -0.05) is 6.42 Å². The van der Waals surface area contributed by atoms with Crippen LogP contribution in [0.15, 0.2) is 0 Å². The Balaban J connectivity index is 2.59. The van der Waals surface area contributed by atoms with Crippen LogP contribution in [0.5, 0.6) is 0 Å². The highest BCUT2D eigenvalue weighted by Crippen LogP contribution is 2.22. The van der Waals surface area contributed by atoms with E-state index in [1.165, 1.54) is 25.8 Å². The van der Waals surface area contributed by atoms with Crippen molar-refractivity contribution in [1.29, 1.82) is 0 Å². The van der Waals surface area contributed by atoms with Gasteiger partial charge in [-0.05, 0) is 39.9 Å². The molecule has 1 fully saturated rings. The van der Waals surface area contributed by atoms with Crippen molar-refractivity contribution < 1.29 is 5.11 Å². The second kappa shape index (κ2) is 4.94. The van der Waals surface area contributed by atoms with Gasteiger partial charge in [0.05, 0.1) is 0 Å². The van der Waals surface area contributed by atoms with E-state index in [4.69, 9.17) is 5.11 Å². The molecule has 0 amide bonds. The van der Waals surface area contributed by atoms with Crippen molar-refractivity contribution in [3.05, 3.63) is 0 Å². The van der Waals surface area contributed by atoms with Crippen LogP contribution in [-0.2, 0) is 0 Å². The minimum atomic E-state index is 0.153. The normalized spacial score (nSPS) is 31.6. The van der Waals surface area contributed by atoms with E-state index in [0.717, 1.165) is 13.0 Å². The second-order valence-corrected chi connectivity index (χ2v) is 4.20. The Morgan fingerprint density at radius 2 is 2.23 bits per heavy atom. The smallest absolute Gasteiger partial charge is 0.0449 e. The number of hydrogen-bond acceptors (Lipinski definition) is 3. The molecule has 3 heteroatoms. The molecule has 0 radical (unpaired) electrons. The maximum Gasteiger partial charge on any atom is 0.0449 e. The lowest BCUT2D eigenvalue weighted by molar-refractivity contribution is 0.173. The summed E-state index contributed by atoms with van der Waals surface area (Å²) in [6.07, 6.45) is 4.61. The molecule has 1 rings (SSSR count). The minimum absolute atomic E-state index is 0.153. The number of aliphatic hydroxyl groups excluding tert-OH is 1. The molecule has 78 valence electrons. The minimum Gasteiger partial charge on any atom is -0.396 e. The predicted molar refractivity (Wildman–Crippen MR) is 54.8 cm³/mol. The Morgan fingerprint density at radius 3 is 2.85 bits per heavy atom. The van der Waals surface area contributed by atoms with Gasteiger partial charge in [0.25, 0.3) is 0 Å². The largest absolute Gasteiger partial charge is 0.396 e. The van der Waals surface area contributed by atoms with Gasteiger partial charge in [-0.3, -0.25) is 0 Å². The fourth-order valence-electron chi connectivity index (χ4n) is 2.27. The van der Waals surface area contributed by atoms with Gasteiger partial charge in [-0.15, -0.1) is 0 Å². The number of likely N-dealkylation sites (tertiary alicyclic amines) is 1. The number of rotatable bonds is 3. The molecule has 0 aromatic heterocycles. The SMILES string of the molecule is CNC1(CCO)CCCCN(C)C1. The van der Waals surface area contributed by atoms with Crippen molar-refractivity contribution >= 4 is 0 Å². The molecule has 1 unspecified atom stereocenters. The third kappa shape index (κ3) is 2.93. The van der Waals surface area contributed by atoms with Gasteiger partial charge >= 0.3 is 0 Å². The van der Waals surface area contributed by atoms with Crippen LogP contribution in [0, 0.1) is 0 Å². The fraction of sp³-hybridized carbons (Fsp3) is 1.00. The Hall–Kier alpha value is -0.120. The quantitative estimate of drug-likeness (QED) is 0.671. The molecule has 1 atom stereocenters. The summed E-state index contributed by atoms with van der Waals surface area (Å²) in [6.45, 7) is 2.54. The molecule has 2 N–H and O–H groups in total. The Labute approximate surface area is 81.1 Å². The van der Waals surface area contributed by atoms with Crippen molar-refractivity contribution in [3.63, 3.8) is 0 Å². The van der Waals surface area contributed by atoms with E-state index in [-0.39, 0.29) is 12.1 Å². The molecule has 1 aliphatic heterocycles. The van der Waals surface area contributed by atoms with E-state index < -0.39 is 0 Å². The van der Waals surface area contributed by atoms with Gasteiger partial charge in [0, 0.05) is 18.7 Å². The first-order valence-corrected chi connectivity index (χ1v) is 5.21. The summed E-state index contributed by atoms with van der Waals surface area (Å²) in [5, 5.41) is 12.4. The summed E-state index contributed by atoms with van der Waals surface area (Å²) < 4.78 is 0. The molecular formula is C10H22N2O. The van der Waals surface area contributed by atoms with Gasteiger partial charge in [-0.25, -0.2) is 0 Å². The second-order valence-electron chi connectivity index (χ2n) is 4.20. The van der Waals surface area contributed by atoms with Crippen LogP contribution >= 0.6 is 0 Å². The standard InChI is InChI=1S/C10H22N2O/c1-11-10(6-8-13)5-3-4-7-12(2)9-10/h11,13H,3-9H2,1-2H3. The van der Waals surface area contributed by atoms with Crippen molar-refractivity contribution in [2.24, 2.45) is 0 Å². The zero-order valence-corrected chi connectivity index (χ0v) is 8.84. The zero-order valence-electron chi connectivity index (χ0n) is 8.84. The first kappa shape index (κ1) is 11.0. The topological polar surface area (TPSA) is 35.5 Å². The highest BCUT2D eigenvalue weighted by Gasteiger charge is 2.30. The van der Waals surface area contributed by atoms with Crippen LogP contribution in [0.2, 0.25) is 0 Å². The third-order valence-corrected chi connectivity index (χ3v) is 3.14. The molecular weight excluding hydrogens is 164 g/mol. The molecule has 1 aliphatic rings. The third-order valence-electron chi connectivity index (χ3n) is 3.14. The molecule has 3 nitrogen and oxygen atoms in total. The van der Waals surface area contributed by atoms with Crippen LogP contribution in [0.3, 0.4) is 0 Å². The van der Waals surface area contributed by atoms with E-state index >= 15 is 0 Å². The Morgan fingerprint density at radius 1 is 1.46 bits per heavy atom. The maximum atomic E-state index is 9.03. The first-order valence-electron chi connectivity index (χ1n) is 5.21. The lowest BCUT2D eigenvalue weighted by Gasteiger charge is -2.34. The summed E-state index contributed by atoms with van der Waals surface area (Å²) in [5.74, 6) is 0. The van der Waals surface area contributed by atoms with E-state index in [0.29, 0.717) is 0 Å². The van der Waals surface area contributed by atoms with Crippen molar-refractivity contribution in [2.45, 2.75) is 31.2 Å². The lowest BCUT2D eigenvalue weighted by Crippen LogP contribution is -2.50. The lowest BCUT2D eigenvalue weighted by atomic mass is 9.90.